The number of methoxy groups -OCH3 is 1. The van der Waals surface area contributed by atoms with Gasteiger partial charge in [-0.1, -0.05) is 12.1 Å². The monoisotopic (exact) mass is 365 g/mol. The van der Waals surface area contributed by atoms with E-state index in [-0.39, 0.29) is 6.17 Å². The molecule has 0 fully saturated rings. The molecule has 3 aromatic rings. The topological polar surface area (TPSA) is 95.9 Å². The molecule has 27 heavy (non-hydrogen) atoms. The molecule has 2 aromatic carbocycles. The molecule has 0 bridgehead atoms. The first-order valence-corrected chi connectivity index (χ1v) is 8.79. The number of imidazole rings is 1. The van der Waals surface area contributed by atoms with Gasteiger partial charge in [0.1, 0.15) is 5.75 Å². The summed E-state index contributed by atoms with van der Waals surface area (Å²) in [4.78, 5) is 9.28. The fraction of sp³-hybridized carbons (Fsp3) is 0.263. The Morgan fingerprint density at radius 2 is 1.89 bits per heavy atom. The number of nitrogens with zero attached hydrogens (tertiary/aromatic N) is 3. The zero-order valence-corrected chi connectivity index (χ0v) is 14.8. The van der Waals surface area contributed by atoms with Crippen molar-refractivity contribution in [1.82, 2.24) is 9.55 Å². The molecule has 3 N–H and O–H groups in total. The van der Waals surface area contributed by atoms with Crippen molar-refractivity contribution in [2.45, 2.75) is 12.6 Å². The number of benzene rings is 2. The van der Waals surface area contributed by atoms with Crippen molar-refractivity contribution in [2.75, 3.05) is 25.6 Å². The van der Waals surface area contributed by atoms with E-state index in [0.717, 1.165) is 34.5 Å². The highest BCUT2D eigenvalue weighted by molar-refractivity contribution is 5.95. The fourth-order valence-electron chi connectivity index (χ4n) is 3.42. The third kappa shape index (κ3) is 2.61. The molecule has 0 saturated carbocycles. The third-order valence-corrected chi connectivity index (χ3v) is 4.72. The number of guanidine groups is 1. The van der Waals surface area contributed by atoms with Crippen molar-refractivity contribution in [2.24, 2.45) is 10.7 Å². The van der Waals surface area contributed by atoms with Crippen molar-refractivity contribution < 1.29 is 14.2 Å². The Balaban J connectivity index is 1.67. The number of nitrogens with two attached hydrogens (primary N) is 1. The van der Waals surface area contributed by atoms with Crippen LogP contribution in [0.3, 0.4) is 0 Å². The first-order valence-electron chi connectivity index (χ1n) is 8.79. The van der Waals surface area contributed by atoms with E-state index in [1.807, 2.05) is 41.0 Å². The van der Waals surface area contributed by atoms with Gasteiger partial charge in [0.05, 0.1) is 31.4 Å². The number of hydrogen-bond donors (Lipinski definition) is 2. The number of ether oxygens (including phenoxy) is 3. The first-order chi connectivity index (χ1) is 13.2. The Morgan fingerprint density at radius 1 is 1.15 bits per heavy atom. The number of fused-ring (bicyclic) bond motifs is 4. The molecule has 1 aromatic heterocycles. The van der Waals surface area contributed by atoms with E-state index in [9.17, 15) is 0 Å². The van der Waals surface area contributed by atoms with Gasteiger partial charge in [-0.2, -0.15) is 0 Å². The van der Waals surface area contributed by atoms with Crippen LogP contribution in [-0.4, -0.2) is 35.8 Å². The van der Waals surface area contributed by atoms with Crippen LogP contribution < -0.4 is 25.3 Å². The molecule has 0 aliphatic carbocycles. The van der Waals surface area contributed by atoms with Crippen molar-refractivity contribution in [1.29, 1.82) is 0 Å². The van der Waals surface area contributed by atoms with E-state index in [1.54, 1.807) is 7.11 Å². The average molecular weight is 365 g/mol. The van der Waals surface area contributed by atoms with E-state index in [2.05, 4.69) is 15.3 Å². The second-order valence-corrected chi connectivity index (χ2v) is 6.43. The SMILES string of the molecule is COc1ccc([C@@H]2N=C(N)Nc3nc4cc5c(cc4n32)OCCCO5)cc1. The van der Waals surface area contributed by atoms with E-state index in [1.165, 1.54) is 0 Å². The van der Waals surface area contributed by atoms with Gasteiger partial charge in [-0.25, -0.2) is 9.98 Å². The summed E-state index contributed by atoms with van der Waals surface area (Å²) in [5, 5.41) is 3.05. The zero-order valence-electron chi connectivity index (χ0n) is 14.8. The second-order valence-electron chi connectivity index (χ2n) is 6.43. The van der Waals surface area contributed by atoms with E-state index in [0.29, 0.717) is 30.9 Å². The minimum atomic E-state index is -0.332. The molecule has 0 saturated heterocycles. The van der Waals surface area contributed by atoms with Crippen LogP contribution in [0.5, 0.6) is 17.2 Å². The van der Waals surface area contributed by atoms with E-state index >= 15 is 0 Å². The Kier molecular flexibility index (Phi) is 3.56. The fourth-order valence-corrected chi connectivity index (χ4v) is 3.42. The van der Waals surface area contributed by atoms with Crippen LogP contribution in [0, 0.1) is 0 Å². The molecule has 0 amide bonds. The number of aromatic nitrogens is 2. The normalized spacial score (nSPS) is 18.3. The zero-order chi connectivity index (χ0) is 18.4. The van der Waals surface area contributed by atoms with Crippen LogP contribution in [-0.2, 0) is 0 Å². The van der Waals surface area contributed by atoms with Gasteiger partial charge >= 0.3 is 0 Å². The van der Waals surface area contributed by atoms with Crippen molar-refractivity contribution >= 4 is 22.9 Å². The molecule has 0 radical (unpaired) electrons. The van der Waals surface area contributed by atoms with Gasteiger partial charge in [0.15, 0.2) is 23.6 Å². The lowest BCUT2D eigenvalue weighted by atomic mass is 10.1. The minimum Gasteiger partial charge on any atom is -0.497 e. The molecule has 5 rings (SSSR count). The molecular formula is C19H19N5O3. The summed E-state index contributed by atoms with van der Waals surface area (Å²) in [6.07, 6.45) is 0.524. The number of rotatable bonds is 2. The summed E-state index contributed by atoms with van der Waals surface area (Å²) in [6, 6.07) is 11.6. The summed E-state index contributed by atoms with van der Waals surface area (Å²) >= 11 is 0. The average Bonchev–Trinajstić information content (AvgIpc) is 2.87. The van der Waals surface area contributed by atoms with Gasteiger partial charge in [-0.15, -0.1) is 0 Å². The summed E-state index contributed by atoms with van der Waals surface area (Å²) < 4.78 is 18.9. The summed E-state index contributed by atoms with van der Waals surface area (Å²) in [6.45, 7) is 1.26. The lowest BCUT2D eigenvalue weighted by Crippen LogP contribution is -2.31. The maximum atomic E-state index is 6.01. The molecule has 8 heteroatoms. The number of anilines is 1. The van der Waals surface area contributed by atoms with Gasteiger partial charge < -0.3 is 19.9 Å². The Morgan fingerprint density at radius 3 is 2.63 bits per heavy atom. The van der Waals surface area contributed by atoms with E-state index in [4.69, 9.17) is 19.9 Å². The molecule has 138 valence electrons. The van der Waals surface area contributed by atoms with Gasteiger partial charge in [0.2, 0.25) is 5.95 Å². The van der Waals surface area contributed by atoms with Crippen LogP contribution in [0.1, 0.15) is 18.2 Å². The van der Waals surface area contributed by atoms with Crippen molar-refractivity contribution in [3.05, 3.63) is 42.0 Å². The van der Waals surface area contributed by atoms with Gasteiger partial charge in [-0.05, 0) is 17.7 Å². The van der Waals surface area contributed by atoms with Gasteiger partial charge in [-0.3, -0.25) is 9.88 Å². The largest absolute Gasteiger partial charge is 0.497 e. The molecule has 1 atom stereocenters. The predicted molar refractivity (Wildman–Crippen MR) is 102 cm³/mol. The Hall–Kier alpha value is -3.42. The highest BCUT2D eigenvalue weighted by Crippen LogP contribution is 2.39. The van der Waals surface area contributed by atoms with Crippen LogP contribution in [0.25, 0.3) is 11.0 Å². The Bertz CT molecular complexity index is 1040. The first kappa shape index (κ1) is 15.8. The van der Waals surface area contributed by atoms with Crippen LogP contribution in [0.15, 0.2) is 41.4 Å². The highest BCUT2D eigenvalue weighted by atomic mass is 16.5. The van der Waals surface area contributed by atoms with E-state index < -0.39 is 0 Å². The van der Waals surface area contributed by atoms with Crippen LogP contribution in [0.4, 0.5) is 5.95 Å². The Labute approximate surface area is 155 Å². The minimum absolute atomic E-state index is 0.327. The summed E-state index contributed by atoms with van der Waals surface area (Å²) in [5.74, 6) is 3.19. The van der Waals surface area contributed by atoms with Gasteiger partial charge in [0.25, 0.3) is 0 Å². The predicted octanol–water partition coefficient (Wildman–Crippen LogP) is 2.49. The quantitative estimate of drug-likeness (QED) is 0.724. The summed E-state index contributed by atoms with van der Waals surface area (Å²) in [7, 11) is 1.64. The molecular weight excluding hydrogens is 346 g/mol. The third-order valence-electron chi connectivity index (χ3n) is 4.72. The van der Waals surface area contributed by atoms with Crippen LogP contribution >= 0.6 is 0 Å². The van der Waals surface area contributed by atoms with Gasteiger partial charge in [0, 0.05) is 18.6 Å². The standard InChI is InChI=1S/C19H19N5O3/c1-25-12-5-3-11(4-6-12)17-22-18(20)23-19-21-13-9-15-16(10-14(13)24(17)19)27-8-2-7-26-15/h3-6,9-10,17H,2,7-8H2,1H3,(H3,20,21,22,23)/t17-/m1/s1. The number of nitrogens with one attached hydrogen (secondary N) is 1. The maximum Gasteiger partial charge on any atom is 0.212 e. The molecule has 2 aliphatic rings. The molecule has 3 heterocycles. The molecule has 0 spiro atoms. The smallest absolute Gasteiger partial charge is 0.212 e. The molecule has 0 unspecified atom stereocenters. The maximum absolute atomic E-state index is 6.01. The second kappa shape index (κ2) is 6.08. The highest BCUT2D eigenvalue weighted by Gasteiger charge is 2.26. The molecule has 8 nitrogen and oxygen atoms in total. The number of aliphatic imine (C=N–C) groups is 1. The lowest BCUT2D eigenvalue weighted by molar-refractivity contribution is 0.297. The van der Waals surface area contributed by atoms with Crippen molar-refractivity contribution in [3.63, 3.8) is 0 Å². The lowest BCUT2D eigenvalue weighted by Gasteiger charge is -2.24. The molecule has 2 aliphatic heterocycles. The number of hydrogen-bond acceptors (Lipinski definition) is 7. The van der Waals surface area contributed by atoms with Crippen molar-refractivity contribution in [3.8, 4) is 17.2 Å². The van der Waals surface area contributed by atoms with Crippen LogP contribution in [0.2, 0.25) is 0 Å². The summed E-state index contributed by atoms with van der Waals surface area (Å²) in [5.41, 5.74) is 8.69.